The lowest BCUT2D eigenvalue weighted by molar-refractivity contribution is 0.0694. The Bertz CT molecular complexity index is 909. The van der Waals surface area contributed by atoms with Gasteiger partial charge < -0.3 is 15.4 Å². The standard InChI is InChI=1S/C15H13F3N2O3S/c16-9-8-12(11(18)14(10(9)17)24-4-3-19)20(6-1-2-6)5-7(13(8)21)15(22)23/h5-6H,1-4,19H2,(H,22,23). The highest BCUT2D eigenvalue weighted by atomic mass is 32.2. The molecule has 0 saturated heterocycles. The van der Waals surface area contributed by atoms with Crippen molar-refractivity contribution in [2.45, 2.75) is 23.8 Å². The largest absolute Gasteiger partial charge is 0.477 e. The first-order valence-electron chi connectivity index (χ1n) is 7.20. The molecule has 0 atom stereocenters. The van der Waals surface area contributed by atoms with Gasteiger partial charge in [0.05, 0.1) is 15.8 Å². The number of aromatic nitrogens is 1. The quantitative estimate of drug-likeness (QED) is 0.634. The molecule has 1 aliphatic carbocycles. The van der Waals surface area contributed by atoms with Gasteiger partial charge in [-0.3, -0.25) is 4.79 Å². The third-order valence-corrected chi connectivity index (χ3v) is 4.88. The summed E-state index contributed by atoms with van der Waals surface area (Å²) in [5, 5.41) is 8.24. The van der Waals surface area contributed by atoms with Crippen LogP contribution in [0.25, 0.3) is 10.9 Å². The molecule has 0 aliphatic heterocycles. The predicted molar refractivity (Wildman–Crippen MR) is 83.1 cm³/mol. The van der Waals surface area contributed by atoms with Crippen molar-refractivity contribution in [1.29, 1.82) is 0 Å². The van der Waals surface area contributed by atoms with E-state index in [1.165, 1.54) is 4.57 Å². The van der Waals surface area contributed by atoms with E-state index in [1.807, 2.05) is 0 Å². The Balaban J connectivity index is 2.44. The highest BCUT2D eigenvalue weighted by molar-refractivity contribution is 7.99. The molecule has 1 aromatic carbocycles. The predicted octanol–water partition coefficient (Wildman–Crippen LogP) is 2.50. The summed E-state index contributed by atoms with van der Waals surface area (Å²) in [7, 11) is 0. The van der Waals surface area contributed by atoms with Gasteiger partial charge in [0.2, 0.25) is 5.43 Å². The van der Waals surface area contributed by atoms with Crippen LogP contribution < -0.4 is 11.2 Å². The van der Waals surface area contributed by atoms with Crippen LogP contribution in [0.1, 0.15) is 29.2 Å². The van der Waals surface area contributed by atoms with Crippen molar-refractivity contribution in [2.75, 3.05) is 12.3 Å². The monoisotopic (exact) mass is 358 g/mol. The van der Waals surface area contributed by atoms with Gasteiger partial charge in [0.15, 0.2) is 17.5 Å². The van der Waals surface area contributed by atoms with Crippen LogP contribution in [0.2, 0.25) is 0 Å². The molecule has 5 nitrogen and oxygen atoms in total. The fourth-order valence-electron chi connectivity index (χ4n) is 2.55. The average molecular weight is 358 g/mol. The molecular weight excluding hydrogens is 345 g/mol. The number of nitrogens with two attached hydrogens (primary N) is 1. The molecule has 1 saturated carbocycles. The van der Waals surface area contributed by atoms with E-state index >= 15 is 0 Å². The Morgan fingerprint density at radius 2 is 1.96 bits per heavy atom. The van der Waals surface area contributed by atoms with Gasteiger partial charge in [-0.25, -0.2) is 18.0 Å². The highest BCUT2D eigenvalue weighted by Gasteiger charge is 2.32. The zero-order chi connectivity index (χ0) is 17.6. The first kappa shape index (κ1) is 16.8. The van der Waals surface area contributed by atoms with Crippen molar-refractivity contribution in [3.63, 3.8) is 0 Å². The summed E-state index contributed by atoms with van der Waals surface area (Å²) in [6.07, 6.45) is 2.28. The third-order valence-electron chi connectivity index (χ3n) is 3.79. The number of thioether (sulfide) groups is 1. The lowest BCUT2D eigenvalue weighted by atomic mass is 10.1. The van der Waals surface area contributed by atoms with Gasteiger partial charge in [0.1, 0.15) is 5.56 Å². The number of halogens is 3. The van der Waals surface area contributed by atoms with Gasteiger partial charge in [-0.2, -0.15) is 0 Å². The molecule has 0 spiro atoms. The molecule has 24 heavy (non-hydrogen) atoms. The normalized spacial score (nSPS) is 14.3. The fraction of sp³-hybridized carbons (Fsp3) is 0.333. The lowest BCUT2D eigenvalue weighted by Gasteiger charge is -2.15. The lowest BCUT2D eigenvalue weighted by Crippen LogP contribution is -2.21. The Labute approximate surface area is 138 Å². The van der Waals surface area contributed by atoms with Crippen molar-refractivity contribution >= 4 is 28.6 Å². The number of fused-ring (bicyclic) bond motifs is 1. The Kier molecular flexibility index (Phi) is 4.31. The zero-order valence-corrected chi connectivity index (χ0v) is 13.1. The minimum atomic E-state index is -1.57. The maximum Gasteiger partial charge on any atom is 0.341 e. The number of nitrogens with zero attached hydrogens (tertiary/aromatic N) is 1. The molecule has 128 valence electrons. The molecular formula is C15H13F3N2O3S. The molecule has 0 bridgehead atoms. The van der Waals surface area contributed by atoms with E-state index in [0.29, 0.717) is 24.6 Å². The summed E-state index contributed by atoms with van der Waals surface area (Å²) in [6, 6.07) is -0.238. The van der Waals surface area contributed by atoms with Gasteiger partial charge in [-0.1, -0.05) is 0 Å². The van der Waals surface area contributed by atoms with Crippen LogP contribution in [0, 0.1) is 17.5 Å². The number of benzene rings is 1. The number of carboxylic acid groups (broad SMARTS) is 1. The molecule has 0 amide bonds. The molecule has 2 aromatic rings. The SMILES string of the molecule is NCCSc1c(F)c(F)c2c(=O)c(C(=O)O)cn(C3CC3)c2c1F. The number of pyridine rings is 1. The molecule has 3 rings (SSSR count). The Morgan fingerprint density at radius 3 is 2.50 bits per heavy atom. The summed E-state index contributed by atoms with van der Waals surface area (Å²) < 4.78 is 44.7. The van der Waals surface area contributed by atoms with Crippen molar-refractivity contribution in [1.82, 2.24) is 4.57 Å². The van der Waals surface area contributed by atoms with E-state index < -0.39 is 50.2 Å². The summed E-state index contributed by atoms with van der Waals surface area (Å²) >= 11 is 0.713. The van der Waals surface area contributed by atoms with E-state index in [2.05, 4.69) is 0 Å². The van der Waals surface area contributed by atoms with Crippen molar-refractivity contribution in [3.05, 3.63) is 39.4 Å². The summed E-state index contributed by atoms with van der Waals surface area (Å²) in [6.45, 7) is 0.136. The minimum absolute atomic E-state index is 0.136. The van der Waals surface area contributed by atoms with Crippen molar-refractivity contribution in [2.24, 2.45) is 5.73 Å². The number of hydrogen-bond donors (Lipinski definition) is 2. The van der Waals surface area contributed by atoms with Gasteiger partial charge >= 0.3 is 5.97 Å². The average Bonchev–Trinajstić information content (AvgIpc) is 3.36. The number of carboxylic acids is 1. The maximum atomic E-state index is 14.8. The fourth-order valence-corrected chi connectivity index (χ4v) is 3.32. The highest BCUT2D eigenvalue weighted by Crippen LogP contribution is 2.40. The molecule has 1 aliphatic rings. The Hall–Kier alpha value is -2.00. The topological polar surface area (TPSA) is 85.3 Å². The molecule has 3 N–H and O–H groups in total. The van der Waals surface area contributed by atoms with Crippen molar-refractivity contribution in [3.8, 4) is 0 Å². The second-order valence-corrected chi connectivity index (χ2v) is 6.55. The zero-order valence-electron chi connectivity index (χ0n) is 12.3. The van der Waals surface area contributed by atoms with Gasteiger partial charge in [-0.15, -0.1) is 11.8 Å². The van der Waals surface area contributed by atoms with Crippen LogP contribution in [0.4, 0.5) is 13.2 Å². The molecule has 0 unspecified atom stereocenters. The van der Waals surface area contributed by atoms with Crippen LogP contribution in [-0.4, -0.2) is 27.9 Å². The van der Waals surface area contributed by atoms with E-state index in [1.54, 1.807) is 0 Å². The first-order chi connectivity index (χ1) is 11.4. The molecule has 0 radical (unpaired) electrons. The van der Waals surface area contributed by atoms with Crippen LogP contribution in [-0.2, 0) is 0 Å². The molecule has 1 aromatic heterocycles. The molecule has 9 heteroatoms. The van der Waals surface area contributed by atoms with Crippen molar-refractivity contribution < 1.29 is 23.1 Å². The maximum absolute atomic E-state index is 14.8. The van der Waals surface area contributed by atoms with Gasteiger partial charge in [0.25, 0.3) is 0 Å². The number of hydrogen-bond acceptors (Lipinski definition) is 4. The Morgan fingerprint density at radius 1 is 1.29 bits per heavy atom. The second-order valence-electron chi connectivity index (χ2n) is 5.45. The second kappa shape index (κ2) is 6.14. The third kappa shape index (κ3) is 2.57. The number of carbonyl (C=O) groups is 1. The smallest absolute Gasteiger partial charge is 0.341 e. The molecule has 1 fully saturated rings. The number of aromatic carboxylic acids is 1. The van der Waals surface area contributed by atoms with Gasteiger partial charge in [-0.05, 0) is 12.8 Å². The first-order valence-corrected chi connectivity index (χ1v) is 8.18. The van der Waals surface area contributed by atoms with Crippen LogP contribution in [0.3, 0.4) is 0 Å². The summed E-state index contributed by atoms with van der Waals surface area (Å²) in [5.74, 6) is -5.50. The van der Waals surface area contributed by atoms with E-state index in [-0.39, 0.29) is 18.3 Å². The molecule has 1 heterocycles. The van der Waals surface area contributed by atoms with Gasteiger partial charge in [0, 0.05) is 24.5 Å². The summed E-state index contributed by atoms with van der Waals surface area (Å²) in [5.41, 5.74) is 2.97. The number of rotatable bonds is 5. The van der Waals surface area contributed by atoms with E-state index in [4.69, 9.17) is 10.8 Å². The summed E-state index contributed by atoms with van der Waals surface area (Å²) in [4.78, 5) is 22.9. The van der Waals surface area contributed by atoms with E-state index in [9.17, 15) is 22.8 Å². The minimum Gasteiger partial charge on any atom is -0.477 e. The van der Waals surface area contributed by atoms with Crippen LogP contribution >= 0.6 is 11.8 Å². The van der Waals surface area contributed by atoms with Crippen LogP contribution in [0.15, 0.2) is 15.9 Å². The van der Waals surface area contributed by atoms with E-state index in [0.717, 1.165) is 6.20 Å². The van der Waals surface area contributed by atoms with Crippen LogP contribution in [0.5, 0.6) is 0 Å².